The smallest absolute Gasteiger partial charge is 0.254 e. The number of benzene rings is 1. The van der Waals surface area contributed by atoms with Crippen LogP contribution in [0.5, 0.6) is 0 Å². The molecule has 6 nitrogen and oxygen atoms in total. The third kappa shape index (κ3) is 2.99. The second-order valence-corrected chi connectivity index (χ2v) is 8.58. The topological polar surface area (TPSA) is 60.9 Å². The van der Waals surface area contributed by atoms with Gasteiger partial charge in [0.05, 0.1) is 11.0 Å². The lowest BCUT2D eigenvalue weighted by molar-refractivity contribution is -0.139. The van der Waals surface area contributed by atoms with E-state index >= 15 is 0 Å². The van der Waals surface area contributed by atoms with E-state index < -0.39 is 5.41 Å². The van der Waals surface area contributed by atoms with E-state index in [4.69, 9.17) is 0 Å². The van der Waals surface area contributed by atoms with Crippen molar-refractivity contribution < 1.29 is 14.4 Å². The summed E-state index contributed by atoms with van der Waals surface area (Å²) >= 11 is 1.48. The zero-order valence-electron chi connectivity index (χ0n) is 16.0. The lowest BCUT2D eigenvalue weighted by atomic mass is 9.80. The minimum absolute atomic E-state index is 0.0125. The predicted molar refractivity (Wildman–Crippen MR) is 107 cm³/mol. The fourth-order valence-corrected chi connectivity index (χ4v) is 5.08. The highest BCUT2D eigenvalue weighted by atomic mass is 32.1. The molecule has 1 aromatic heterocycles. The van der Waals surface area contributed by atoms with Crippen LogP contribution in [0.25, 0.3) is 0 Å². The molecule has 2 fully saturated rings. The highest BCUT2D eigenvalue weighted by molar-refractivity contribution is 7.08. The molecule has 0 radical (unpaired) electrons. The van der Waals surface area contributed by atoms with E-state index in [0.29, 0.717) is 37.3 Å². The molecule has 3 heterocycles. The largest absolute Gasteiger partial charge is 0.348 e. The van der Waals surface area contributed by atoms with E-state index in [1.165, 1.54) is 11.3 Å². The van der Waals surface area contributed by atoms with Crippen molar-refractivity contribution in [1.82, 2.24) is 14.7 Å². The highest BCUT2D eigenvalue weighted by Crippen LogP contribution is 2.44. The molecule has 4 rings (SSSR count). The second kappa shape index (κ2) is 7.05. The Kier molecular flexibility index (Phi) is 4.71. The normalized spacial score (nSPS) is 23.6. The molecule has 146 valence electrons. The summed E-state index contributed by atoms with van der Waals surface area (Å²) in [6, 6.07) is 11.0. The summed E-state index contributed by atoms with van der Waals surface area (Å²) < 4.78 is 0. The van der Waals surface area contributed by atoms with E-state index in [1.807, 2.05) is 35.0 Å². The van der Waals surface area contributed by atoms with Crippen LogP contribution in [0.3, 0.4) is 0 Å². The minimum Gasteiger partial charge on any atom is -0.348 e. The standard InChI is InChI=1S/C21H23N3O3S/c1-22(2)20(27)21-13-23(18(25)15-6-4-3-5-7-15)10-17(21)11-24(14-21)19(26)16-8-9-28-12-16/h3-9,12,17H,10-11,13-14H2,1-2H3/t17-,21-/m0/s1. The molecule has 1 aromatic carbocycles. The van der Waals surface area contributed by atoms with E-state index in [-0.39, 0.29) is 23.6 Å². The Morgan fingerprint density at radius 3 is 2.11 bits per heavy atom. The Labute approximate surface area is 168 Å². The van der Waals surface area contributed by atoms with Crippen LogP contribution < -0.4 is 0 Å². The van der Waals surface area contributed by atoms with Crippen LogP contribution in [-0.4, -0.2) is 72.7 Å². The molecular formula is C21H23N3O3S. The number of nitrogens with zero attached hydrogens (tertiary/aromatic N) is 3. The molecule has 2 aromatic rings. The quantitative estimate of drug-likeness (QED) is 0.797. The number of likely N-dealkylation sites (tertiary alicyclic amines) is 2. The summed E-state index contributed by atoms with van der Waals surface area (Å²) in [7, 11) is 3.47. The number of thiophene rings is 1. The average molecular weight is 398 g/mol. The summed E-state index contributed by atoms with van der Waals surface area (Å²) in [6.07, 6.45) is 0. The summed E-state index contributed by atoms with van der Waals surface area (Å²) in [5.74, 6) is -0.168. The number of rotatable bonds is 3. The molecule has 0 unspecified atom stereocenters. The maximum Gasteiger partial charge on any atom is 0.254 e. The number of hydrogen-bond acceptors (Lipinski definition) is 4. The van der Waals surface area contributed by atoms with Gasteiger partial charge >= 0.3 is 0 Å². The fraction of sp³-hybridized carbons (Fsp3) is 0.381. The first-order chi connectivity index (χ1) is 13.4. The Balaban J connectivity index is 1.60. The van der Waals surface area contributed by atoms with Gasteiger partial charge in [-0.05, 0) is 23.6 Å². The van der Waals surface area contributed by atoms with Gasteiger partial charge in [-0.1, -0.05) is 18.2 Å². The summed E-state index contributed by atoms with van der Waals surface area (Å²) in [4.78, 5) is 44.1. The summed E-state index contributed by atoms with van der Waals surface area (Å²) in [5, 5.41) is 3.72. The zero-order chi connectivity index (χ0) is 19.9. The zero-order valence-corrected chi connectivity index (χ0v) is 16.8. The first kappa shape index (κ1) is 18.7. The Morgan fingerprint density at radius 1 is 0.964 bits per heavy atom. The molecule has 0 bridgehead atoms. The SMILES string of the molecule is CN(C)C(=O)[C@]12CN(C(=O)c3ccccc3)C[C@H]1CN(C(=O)c1ccsc1)C2. The molecule has 2 atom stereocenters. The summed E-state index contributed by atoms with van der Waals surface area (Å²) in [6.45, 7) is 1.67. The Morgan fingerprint density at radius 2 is 1.57 bits per heavy atom. The van der Waals surface area contributed by atoms with Gasteiger partial charge in [-0.2, -0.15) is 11.3 Å². The Bertz CT molecular complexity index is 897. The van der Waals surface area contributed by atoms with Gasteiger partial charge in [-0.25, -0.2) is 0 Å². The van der Waals surface area contributed by atoms with Crippen LogP contribution in [0.4, 0.5) is 0 Å². The molecule has 2 aliphatic rings. The fourth-order valence-electron chi connectivity index (χ4n) is 4.45. The molecule has 2 aliphatic heterocycles. The van der Waals surface area contributed by atoms with E-state index in [1.54, 1.807) is 40.9 Å². The van der Waals surface area contributed by atoms with Gasteiger partial charge in [0.2, 0.25) is 5.91 Å². The van der Waals surface area contributed by atoms with Crippen molar-refractivity contribution in [1.29, 1.82) is 0 Å². The third-order valence-electron chi connectivity index (χ3n) is 5.80. The average Bonchev–Trinajstić information content (AvgIpc) is 3.41. The number of carbonyl (C=O) groups excluding carboxylic acids is 3. The van der Waals surface area contributed by atoms with Gasteiger partial charge in [-0.3, -0.25) is 14.4 Å². The van der Waals surface area contributed by atoms with E-state index in [0.717, 1.165) is 0 Å². The van der Waals surface area contributed by atoms with Gasteiger partial charge in [0.15, 0.2) is 0 Å². The van der Waals surface area contributed by atoms with Crippen LogP contribution in [0.2, 0.25) is 0 Å². The molecule has 0 spiro atoms. The Hall–Kier alpha value is -2.67. The van der Waals surface area contributed by atoms with Crippen LogP contribution in [0, 0.1) is 11.3 Å². The van der Waals surface area contributed by atoms with E-state index in [9.17, 15) is 14.4 Å². The van der Waals surface area contributed by atoms with Crippen LogP contribution in [-0.2, 0) is 4.79 Å². The van der Waals surface area contributed by atoms with Crippen molar-refractivity contribution >= 4 is 29.1 Å². The summed E-state index contributed by atoms with van der Waals surface area (Å²) in [5.41, 5.74) is 0.551. The van der Waals surface area contributed by atoms with Gasteiger partial charge in [0.1, 0.15) is 0 Å². The minimum atomic E-state index is -0.736. The first-order valence-electron chi connectivity index (χ1n) is 9.30. The van der Waals surface area contributed by atoms with Crippen LogP contribution in [0.15, 0.2) is 47.2 Å². The number of amides is 3. The molecule has 3 amide bonds. The maximum absolute atomic E-state index is 13.2. The lowest BCUT2D eigenvalue weighted by Crippen LogP contribution is -2.48. The van der Waals surface area contributed by atoms with Gasteiger partial charge in [0.25, 0.3) is 11.8 Å². The molecule has 0 N–H and O–H groups in total. The van der Waals surface area contributed by atoms with Gasteiger partial charge < -0.3 is 14.7 Å². The monoisotopic (exact) mass is 397 g/mol. The lowest BCUT2D eigenvalue weighted by Gasteiger charge is -2.30. The molecule has 0 saturated carbocycles. The van der Waals surface area contributed by atoms with Crippen molar-refractivity contribution in [2.24, 2.45) is 11.3 Å². The second-order valence-electron chi connectivity index (χ2n) is 7.80. The van der Waals surface area contributed by atoms with E-state index in [2.05, 4.69) is 0 Å². The van der Waals surface area contributed by atoms with Crippen molar-refractivity contribution in [3.63, 3.8) is 0 Å². The highest BCUT2D eigenvalue weighted by Gasteiger charge is 2.59. The molecule has 0 aliphatic carbocycles. The van der Waals surface area contributed by atoms with Crippen molar-refractivity contribution in [3.8, 4) is 0 Å². The number of hydrogen-bond donors (Lipinski definition) is 0. The maximum atomic E-state index is 13.2. The molecule has 7 heteroatoms. The molecular weight excluding hydrogens is 374 g/mol. The van der Waals surface area contributed by atoms with Crippen LogP contribution in [0.1, 0.15) is 20.7 Å². The number of carbonyl (C=O) groups is 3. The van der Waals surface area contributed by atoms with Crippen molar-refractivity contribution in [2.75, 3.05) is 40.3 Å². The molecule has 2 saturated heterocycles. The first-order valence-corrected chi connectivity index (χ1v) is 10.2. The predicted octanol–water partition coefficient (Wildman–Crippen LogP) is 2.05. The van der Waals surface area contributed by atoms with Gasteiger partial charge in [0, 0.05) is 57.1 Å². The van der Waals surface area contributed by atoms with Crippen LogP contribution >= 0.6 is 11.3 Å². The van der Waals surface area contributed by atoms with Gasteiger partial charge in [-0.15, -0.1) is 0 Å². The number of fused-ring (bicyclic) bond motifs is 1. The molecule has 28 heavy (non-hydrogen) atoms. The van der Waals surface area contributed by atoms with Crippen molar-refractivity contribution in [3.05, 3.63) is 58.3 Å². The third-order valence-corrected chi connectivity index (χ3v) is 6.49. The van der Waals surface area contributed by atoms with Crippen molar-refractivity contribution in [2.45, 2.75) is 0 Å².